The number of hydrogen-bond donors (Lipinski definition) is 2. The Hall–Kier alpha value is -3.99. The molecule has 1 saturated carbocycles. The van der Waals surface area contributed by atoms with E-state index in [9.17, 15) is 32.3 Å². The van der Waals surface area contributed by atoms with Crippen LogP contribution in [0, 0.1) is 11.7 Å². The summed E-state index contributed by atoms with van der Waals surface area (Å²) in [6.45, 7) is 0.832. The molecular formula is C30H29F4N3O4. The lowest BCUT2D eigenvalue weighted by molar-refractivity contribution is -0.137. The topological polar surface area (TPSA) is 91.8 Å². The number of piperidine rings is 1. The van der Waals surface area contributed by atoms with Gasteiger partial charge in [-0.15, -0.1) is 0 Å². The van der Waals surface area contributed by atoms with Gasteiger partial charge in [0.1, 0.15) is 17.4 Å². The van der Waals surface area contributed by atoms with Crippen LogP contribution in [0.15, 0.2) is 54.7 Å². The average molecular weight is 572 g/mol. The van der Waals surface area contributed by atoms with Gasteiger partial charge in [0.05, 0.1) is 11.7 Å². The van der Waals surface area contributed by atoms with Gasteiger partial charge in [-0.25, -0.2) is 9.37 Å². The SMILES string of the molecule is O=C(Cc1cc(N2CCC(O)CC2)cc(C(F)(F)F)c1)Cc1ccc(Oc2ccnc(NC(=O)C3CC3)c2)c(F)c1. The van der Waals surface area contributed by atoms with Gasteiger partial charge in [-0.2, -0.15) is 13.2 Å². The van der Waals surface area contributed by atoms with Crippen LogP contribution in [0.4, 0.5) is 29.1 Å². The number of Topliss-reactive ketones (excluding diaryl/α,β-unsaturated/α-hetero) is 1. The van der Waals surface area contributed by atoms with E-state index in [-0.39, 0.29) is 53.3 Å². The Bertz CT molecular complexity index is 1430. The van der Waals surface area contributed by atoms with Crippen LogP contribution in [0.1, 0.15) is 42.4 Å². The highest BCUT2D eigenvalue weighted by Crippen LogP contribution is 2.34. The summed E-state index contributed by atoms with van der Waals surface area (Å²) in [5.74, 6) is -0.764. The smallest absolute Gasteiger partial charge is 0.416 e. The number of carbonyl (C=O) groups is 2. The minimum absolute atomic E-state index is 0.00522. The van der Waals surface area contributed by atoms with Crippen molar-refractivity contribution in [1.82, 2.24) is 4.98 Å². The molecule has 41 heavy (non-hydrogen) atoms. The van der Waals surface area contributed by atoms with E-state index in [1.807, 2.05) is 0 Å². The zero-order valence-electron chi connectivity index (χ0n) is 22.1. The summed E-state index contributed by atoms with van der Waals surface area (Å²) in [7, 11) is 0. The Balaban J connectivity index is 1.24. The summed E-state index contributed by atoms with van der Waals surface area (Å²) >= 11 is 0. The number of halogens is 4. The predicted molar refractivity (Wildman–Crippen MR) is 143 cm³/mol. The predicted octanol–water partition coefficient (Wildman–Crippen LogP) is 5.70. The number of ketones is 1. The summed E-state index contributed by atoms with van der Waals surface area (Å²) < 4.78 is 61.2. The summed E-state index contributed by atoms with van der Waals surface area (Å²) in [4.78, 5) is 30.6. The molecule has 2 aromatic carbocycles. The number of carbonyl (C=O) groups excluding carboxylic acids is 2. The molecule has 2 heterocycles. The molecule has 11 heteroatoms. The van der Waals surface area contributed by atoms with E-state index < -0.39 is 23.7 Å². The number of amides is 1. The van der Waals surface area contributed by atoms with Gasteiger partial charge < -0.3 is 20.1 Å². The van der Waals surface area contributed by atoms with Crippen molar-refractivity contribution in [3.8, 4) is 11.5 Å². The van der Waals surface area contributed by atoms with Crippen LogP contribution in [-0.4, -0.2) is 41.0 Å². The first kappa shape index (κ1) is 28.5. The zero-order valence-corrected chi connectivity index (χ0v) is 22.1. The Labute approximate surface area is 234 Å². The summed E-state index contributed by atoms with van der Waals surface area (Å²) in [6, 6.07) is 10.6. The molecule has 0 atom stereocenters. The molecule has 1 aromatic heterocycles. The first-order chi connectivity index (χ1) is 19.5. The molecule has 0 radical (unpaired) electrons. The van der Waals surface area contributed by atoms with E-state index in [1.165, 1.54) is 30.5 Å². The second-order valence-corrected chi connectivity index (χ2v) is 10.5. The molecule has 2 N–H and O–H groups in total. The Morgan fingerprint density at radius 3 is 2.39 bits per heavy atom. The molecule has 0 unspecified atom stereocenters. The highest BCUT2D eigenvalue weighted by molar-refractivity contribution is 5.93. The van der Waals surface area contributed by atoms with Gasteiger partial charge in [0.2, 0.25) is 5.91 Å². The maximum atomic E-state index is 14.8. The highest BCUT2D eigenvalue weighted by atomic mass is 19.4. The molecule has 1 saturated heterocycles. The van der Waals surface area contributed by atoms with E-state index in [0.29, 0.717) is 37.2 Å². The number of nitrogens with zero attached hydrogens (tertiary/aromatic N) is 2. The van der Waals surface area contributed by atoms with Crippen LogP contribution in [0.5, 0.6) is 11.5 Å². The maximum absolute atomic E-state index is 14.8. The lowest BCUT2D eigenvalue weighted by atomic mass is 9.99. The molecule has 1 amide bonds. The maximum Gasteiger partial charge on any atom is 0.416 e. The van der Waals surface area contributed by atoms with Crippen molar-refractivity contribution in [2.45, 2.75) is 50.8 Å². The highest BCUT2D eigenvalue weighted by Gasteiger charge is 2.32. The van der Waals surface area contributed by atoms with E-state index in [0.717, 1.165) is 31.0 Å². The van der Waals surface area contributed by atoms with E-state index >= 15 is 0 Å². The van der Waals surface area contributed by atoms with E-state index in [1.54, 1.807) is 11.0 Å². The minimum atomic E-state index is -4.58. The third-order valence-electron chi connectivity index (χ3n) is 7.09. The fraction of sp³-hybridized carbons (Fsp3) is 0.367. The van der Waals surface area contributed by atoms with Gasteiger partial charge in [-0.3, -0.25) is 9.59 Å². The molecule has 5 rings (SSSR count). The number of hydrogen-bond acceptors (Lipinski definition) is 6. The normalized spacial score (nSPS) is 16.0. The van der Waals surface area contributed by atoms with Crippen molar-refractivity contribution >= 4 is 23.2 Å². The first-order valence-corrected chi connectivity index (χ1v) is 13.4. The monoisotopic (exact) mass is 571 g/mol. The molecule has 0 spiro atoms. The van der Waals surface area contributed by atoms with Gasteiger partial charge in [0, 0.05) is 49.8 Å². The lowest BCUT2D eigenvalue weighted by Gasteiger charge is -2.32. The Kier molecular flexibility index (Phi) is 8.25. The zero-order chi connectivity index (χ0) is 29.1. The number of rotatable bonds is 9. The van der Waals surface area contributed by atoms with Gasteiger partial charge in [0.15, 0.2) is 11.6 Å². The third-order valence-corrected chi connectivity index (χ3v) is 7.09. The number of ether oxygens (including phenoxy) is 1. The third kappa shape index (κ3) is 7.60. The Morgan fingerprint density at radius 1 is 0.976 bits per heavy atom. The number of nitrogens with one attached hydrogen (secondary N) is 1. The van der Waals surface area contributed by atoms with Gasteiger partial charge in [-0.05, 0) is 73.2 Å². The largest absolute Gasteiger partial charge is 0.454 e. The van der Waals surface area contributed by atoms with Crippen molar-refractivity contribution in [3.63, 3.8) is 0 Å². The number of anilines is 2. The lowest BCUT2D eigenvalue weighted by Crippen LogP contribution is -2.36. The number of alkyl halides is 3. The molecule has 0 bridgehead atoms. The molecule has 1 aliphatic carbocycles. The second kappa shape index (κ2) is 11.9. The molecule has 2 fully saturated rings. The van der Waals surface area contributed by atoms with Crippen LogP contribution in [0.3, 0.4) is 0 Å². The van der Waals surface area contributed by atoms with Crippen molar-refractivity contribution in [2.75, 3.05) is 23.3 Å². The summed E-state index contributed by atoms with van der Waals surface area (Å²) in [6.07, 6.45) is -1.47. The molecular weight excluding hydrogens is 542 g/mol. The average Bonchev–Trinajstić information content (AvgIpc) is 3.76. The van der Waals surface area contributed by atoms with E-state index in [2.05, 4.69) is 10.3 Å². The van der Waals surface area contributed by atoms with Crippen LogP contribution in [-0.2, 0) is 28.6 Å². The fourth-order valence-corrected chi connectivity index (χ4v) is 4.75. The van der Waals surface area contributed by atoms with Crippen molar-refractivity contribution in [3.05, 3.63) is 77.2 Å². The summed E-state index contributed by atoms with van der Waals surface area (Å²) in [5.41, 5.74) is 0.0779. The van der Waals surface area contributed by atoms with Gasteiger partial charge >= 0.3 is 6.18 Å². The van der Waals surface area contributed by atoms with Crippen LogP contribution >= 0.6 is 0 Å². The van der Waals surface area contributed by atoms with Crippen molar-refractivity contribution < 1.29 is 37.0 Å². The summed E-state index contributed by atoms with van der Waals surface area (Å²) in [5, 5.41) is 12.4. The number of aliphatic hydroxyl groups excluding tert-OH is 1. The molecule has 216 valence electrons. The molecule has 1 aliphatic heterocycles. The van der Waals surface area contributed by atoms with Gasteiger partial charge in [0.25, 0.3) is 0 Å². The molecule has 7 nitrogen and oxygen atoms in total. The quantitative estimate of drug-likeness (QED) is 0.321. The van der Waals surface area contributed by atoms with Crippen LogP contribution in [0.25, 0.3) is 0 Å². The number of benzene rings is 2. The number of aliphatic hydroxyl groups is 1. The van der Waals surface area contributed by atoms with Crippen molar-refractivity contribution in [2.24, 2.45) is 5.92 Å². The van der Waals surface area contributed by atoms with Crippen molar-refractivity contribution in [1.29, 1.82) is 0 Å². The van der Waals surface area contributed by atoms with Crippen LogP contribution in [0.2, 0.25) is 0 Å². The standard InChI is InChI=1S/C30H29F4N3O4/c31-26-15-18(1-4-27(26)41-25-5-8-35-28(17-25)36-29(40)20-2-3-20)13-24(39)14-19-11-21(30(32,33)34)16-22(12-19)37-9-6-23(38)7-10-37/h1,4-5,8,11-12,15-17,20,23,38H,2-3,6-7,9-10,13-14H2,(H,35,36,40). The van der Waals surface area contributed by atoms with E-state index in [4.69, 9.17) is 4.74 Å². The second-order valence-electron chi connectivity index (χ2n) is 10.5. The fourth-order valence-electron chi connectivity index (χ4n) is 4.75. The molecule has 2 aliphatic rings. The van der Waals surface area contributed by atoms with Crippen LogP contribution < -0.4 is 15.0 Å². The molecule has 3 aromatic rings. The Morgan fingerprint density at radius 2 is 1.71 bits per heavy atom. The first-order valence-electron chi connectivity index (χ1n) is 13.4. The minimum Gasteiger partial charge on any atom is -0.454 e. The number of pyridine rings is 1. The van der Waals surface area contributed by atoms with Gasteiger partial charge in [-0.1, -0.05) is 6.07 Å². The number of aromatic nitrogens is 1.